The summed E-state index contributed by atoms with van der Waals surface area (Å²) in [5, 5.41) is 28.2. The zero-order valence-corrected chi connectivity index (χ0v) is 31.2. The molecule has 0 fully saturated rings. The van der Waals surface area contributed by atoms with Crippen LogP contribution in [0.25, 0.3) is 100 Å². The van der Waals surface area contributed by atoms with Crippen molar-refractivity contribution in [3.63, 3.8) is 0 Å². The van der Waals surface area contributed by atoms with Gasteiger partial charge in [0.25, 0.3) is 0 Å². The van der Waals surface area contributed by atoms with E-state index in [0.717, 1.165) is 41.5 Å². The second-order valence-corrected chi connectivity index (χ2v) is 16.1. The first-order valence-electron chi connectivity index (χ1n) is 19.7. The quantitative estimate of drug-likeness (QED) is 0.179. The Balaban J connectivity index is 1.32. The van der Waals surface area contributed by atoms with Crippen LogP contribution >= 0.6 is 0 Å². The van der Waals surface area contributed by atoms with Crippen molar-refractivity contribution < 1.29 is 0 Å². The van der Waals surface area contributed by atoms with Gasteiger partial charge in [-0.2, -0.15) is 10.5 Å². The van der Waals surface area contributed by atoms with Crippen LogP contribution in [0.3, 0.4) is 0 Å². The Morgan fingerprint density at radius 1 is 0.554 bits per heavy atom. The maximum Gasteiger partial charge on any atom is 0.0991 e. The largest absolute Gasteiger partial charge is 0.192 e. The molecular formula is C54H34N2. The van der Waals surface area contributed by atoms with E-state index in [0.29, 0.717) is 11.1 Å². The summed E-state index contributed by atoms with van der Waals surface area (Å²) in [5.74, 6) is 0.257. The lowest BCUT2D eigenvalue weighted by molar-refractivity contribution is 0.847. The Labute approximate surface area is 325 Å². The number of nitrogens with zero attached hydrogens (tertiary/aromatic N) is 2. The Morgan fingerprint density at radius 3 is 2.04 bits per heavy atom. The van der Waals surface area contributed by atoms with Crippen LogP contribution in [0.5, 0.6) is 0 Å². The van der Waals surface area contributed by atoms with Gasteiger partial charge < -0.3 is 0 Å². The summed E-state index contributed by atoms with van der Waals surface area (Å²) in [4.78, 5) is 0. The predicted molar refractivity (Wildman–Crippen MR) is 231 cm³/mol. The Morgan fingerprint density at radius 2 is 1.27 bits per heavy atom. The van der Waals surface area contributed by atoms with Gasteiger partial charge in [0.15, 0.2) is 0 Å². The topological polar surface area (TPSA) is 47.6 Å². The fraction of sp³-hybridized carbons (Fsp3) is 0.111. The molecule has 0 aromatic heterocycles. The average molecular weight is 711 g/mol. The van der Waals surface area contributed by atoms with Crippen molar-refractivity contribution in [2.45, 2.75) is 39.0 Å². The number of fused-ring (bicyclic) bond motifs is 11. The van der Waals surface area contributed by atoms with Gasteiger partial charge >= 0.3 is 0 Å². The second kappa shape index (κ2) is 11.3. The van der Waals surface area contributed by atoms with E-state index in [-0.39, 0.29) is 5.92 Å². The van der Waals surface area contributed by atoms with Gasteiger partial charge in [0, 0.05) is 5.92 Å². The third-order valence-corrected chi connectivity index (χ3v) is 13.3. The van der Waals surface area contributed by atoms with E-state index < -0.39 is 0 Å². The van der Waals surface area contributed by atoms with Crippen LogP contribution < -0.4 is 0 Å². The van der Waals surface area contributed by atoms with Gasteiger partial charge in [0.1, 0.15) is 0 Å². The Bertz CT molecular complexity index is 3320. The van der Waals surface area contributed by atoms with Crippen LogP contribution in [-0.4, -0.2) is 0 Å². The highest BCUT2D eigenvalue weighted by molar-refractivity contribution is 6.29. The molecule has 4 aliphatic carbocycles. The van der Waals surface area contributed by atoms with Crippen LogP contribution in [0.4, 0.5) is 0 Å². The highest BCUT2D eigenvalue weighted by Gasteiger charge is 2.37. The monoisotopic (exact) mass is 710 g/mol. The number of aryl methyl sites for hydroxylation is 3. The molecule has 2 nitrogen and oxygen atoms in total. The normalized spacial score (nSPS) is 15.1. The molecule has 0 saturated heterocycles. The minimum absolute atomic E-state index is 0.257. The van der Waals surface area contributed by atoms with Gasteiger partial charge in [-0.1, -0.05) is 78.9 Å². The Kier molecular flexibility index (Phi) is 6.31. The molecule has 0 amide bonds. The maximum absolute atomic E-state index is 10.3. The van der Waals surface area contributed by atoms with E-state index in [1.807, 2.05) is 12.1 Å². The first-order valence-corrected chi connectivity index (χ1v) is 19.7. The molecule has 8 aromatic carbocycles. The van der Waals surface area contributed by atoms with Crippen LogP contribution in [0.15, 0.2) is 115 Å². The molecule has 8 aromatic rings. The minimum Gasteiger partial charge on any atom is -0.192 e. The molecule has 56 heavy (non-hydrogen) atoms. The van der Waals surface area contributed by atoms with Crippen molar-refractivity contribution in [1.29, 1.82) is 10.5 Å². The van der Waals surface area contributed by atoms with Gasteiger partial charge in [-0.15, -0.1) is 0 Å². The molecule has 4 aliphatic rings. The third-order valence-electron chi connectivity index (χ3n) is 13.3. The summed E-state index contributed by atoms with van der Waals surface area (Å²) < 4.78 is 0. The summed E-state index contributed by atoms with van der Waals surface area (Å²) in [6, 6.07) is 42.8. The molecule has 0 heterocycles. The van der Waals surface area contributed by atoms with E-state index in [1.165, 1.54) is 105 Å². The Hall–Kier alpha value is -7.00. The zero-order chi connectivity index (χ0) is 37.4. The standard InChI is InChI=1S/C54H34N2/c1-29-17-19-31(27-55)21-41(29)51-46-25-43-39-15-7-13-37-35-11-5-3-9-33(35)23-45(49(37)39)44(43)26-47(46)52(42-22-32(28-56)20-18-30(42)2)54-48-24-34-10-4-6-12-36(34)38-14-8-16-40(50(38)48)53(51)54/h3-5,7-11,13-14,16-26,39H,6,12,15H2,1-2H3. The number of nitriles is 2. The van der Waals surface area contributed by atoms with E-state index >= 15 is 0 Å². The first-order chi connectivity index (χ1) is 27.5. The summed E-state index contributed by atoms with van der Waals surface area (Å²) in [6.45, 7) is 4.37. The number of allylic oxidation sites excluding steroid dienone is 2. The van der Waals surface area contributed by atoms with E-state index in [2.05, 4.69) is 141 Å². The second-order valence-electron chi connectivity index (χ2n) is 16.1. The van der Waals surface area contributed by atoms with E-state index in [9.17, 15) is 10.5 Å². The summed E-state index contributed by atoms with van der Waals surface area (Å²) in [6.07, 6.45) is 12.3. The summed E-state index contributed by atoms with van der Waals surface area (Å²) >= 11 is 0. The van der Waals surface area contributed by atoms with Gasteiger partial charge in [0.2, 0.25) is 0 Å². The third kappa shape index (κ3) is 4.03. The van der Waals surface area contributed by atoms with Crippen LogP contribution in [0.2, 0.25) is 0 Å². The predicted octanol–water partition coefficient (Wildman–Crippen LogP) is 14.0. The molecule has 2 heteroatoms. The molecule has 0 N–H and O–H groups in total. The smallest absolute Gasteiger partial charge is 0.0991 e. The van der Waals surface area contributed by atoms with Crippen LogP contribution in [0.1, 0.15) is 68.8 Å². The van der Waals surface area contributed by atoms with Gasteiger partial charge in [-0.25, -0.2) is 0 Å². The lowest BCUT2D eigenvalue weighted by Crippen LogP contribution is -2.02. The van der Waals surface area contributed by atoms with Gasteiger partial charge in [-0.05, 0) is 209 Å². The summed E-state index contributed by atoms with van der Waals surface area (Å²) in [5.41, 5.74) is 22.6. The highest BCUT2D eigenvalue weighted by atomic mass is 14.4. The van der Waals surface area contributed by atoms with Gasteiger partial charge in [-0.3, -0.25) is 0 Å². The molecule has 0 saturated carbocycles. The number of benzene rings is 8. The molecule has 1 unspecified atom stereocenters. The number of hydrogen-bond donors (Lipinski definition) is 0. The molecule has 0 aliphatic heterocycles. The van der Waals surface area contributed by atoms with E-state index in [4.69, 9.17) is 0 Å². The molecule has 260 valence electrons. The molecular weight excluding hydrogens is 677 g/mol. The van der Waals surface area contributed by atoms with Crippen molar-refractivity contribution in [3.05, 3.63) is 165 Å². The fourth-order valence-corrected chi connectivity index (χ4v) is 10.8. The van der Waals surface area contributed by atoms with Crippen molar-refractivity contribution in [1.82, 2.24) is 0 Å². The zero-order valence-electron chi connectivity index (χ0n) is 31.2. The SMILES string of the molecule is Cc1ccc(C#N)cc1-c1c2c(c(-c3cc(C#N)ccc3C)c3cc4c(cc13)-c1cc3ccccc3c3c1C4CC=C3)-c1cccc3c4c(cc-2c13)C=CCC4. The first kappa shape index (κ1) is 31.4. The lowest BCUT2D eigenvalue weighted by atomic mass is 9.78. The van der Waals surface area contributed by atoms with Crippen molar-refractivity contribution in [2.75, 3.05) is 0 Å². The highest BCUT2D eigenvalue weighted by Crippen LogP contribution is 2.61. The molecule has 0 bridgehead atoms. The van der Waals surface area contributed by atoms with Crippen LogP contribution in [-0.2, 0) is 6.42 Å². The number of hydrogen-bond acceptors (Lipinski definition) is 2. The molecule has 0 radical (unpaired) electrons. The fourth-order valence-electron chi connectivity index (χ4n) is 10.8. The maximum atomic E-state index is 10.3. The molecule has 0 spiro atoms. The average Bonchev–Trinajstić information content (AvgIpc) is 3.73. The molecule has 12 rings (SSSR count). The minimum atomic E-state index is 0.257. The van der Waals surface area contributed by atoms with Crippen LogP contribution in [0, 0.1) is 36.5 Å². The van der Waals surface area contributed by atoms with Crippen molar-refractivity contribution in [3.8, 4) is 67.8 Å². The van der Waals surface area contributed by atoms with Crippen molar-refractivity contribution >= 4 is 44.5 Å². The number of rotatable bonds is 2. The lowest BCUT2D eigenvalue weighted by Gasteiger charge is -2.24. The van der Waals surface area contributed by atoms with Crippen molar-refractivity contribution in [2.24, 2.45) is 0 Å². The van der Waals surface area contributed by atoms with Gasteiger partial charge in [0.05, 0.1) is 23.3 Å². The summed E-state index contributed by atoms with van der Waals surface area (Å²) in [7, 11) is 0. The van der Waals surface area contributed by atoms with E-state index in [1.54, 1.807) is 0 Å². The molecule has 1 atom stereocenters.